The van der Waals surface area contributed by atoms with Crippen molar-refractivity contribution in [1.82, 2.24) is 4.98 Å². The molecule has 2 aromatic rings. The SMILES string of the molecule is CCC1COC(C)CN1c1ccc(N)c2cc(Br)cnc12. The smallest absolute Gasteiger partial charge is 0.0956 e. The lowest BCUT2D eigenvalue weighted by atomic mass is 10.1. The topological polar surface area (TPSA) is 51.4 Å². The summed E-state index contributed by atoms with van der Waals surface area (Å²) in [6, 6.07) is 6.47. The average Bonchev–Trinajstić information content (AvgIpc) is 2.48. The van der Waals surface area contributed by atoms with Gasteiger partial charge in [-0.2, -0.15) is 0 Å². The van der Waals surface area contributed by atoms with Gasteiger partial charge in [0.1, 0.15) is 0 Å². The number of ether oxygens (including phenoxy) is 1. The lowest BCUT2D eigenvalue weighted by Crippen LogP contribution is -2.48. The van der Waals surface area contributed by atoms with E-state index in [1.807, 2.05) is 18.3 Å². The Morgan fingerprint density at radius 1 is 1.48 bits per heavy atom. The maximum absolute atomic E-state index is 6.11. The van der Waals surface area contributed by atoms with Gasteiger partial charge in [-0.3, -0.25) is 4.98 Å². The van der Waals surface area contributed by atoms with Gasteiger partial charge >= 0.3 is 0 Å². The van der Waals surface area contributed by atoms with Crippen molar-refractivity contribution in [2.45, 2.75) is 32.4 Å². The molecule has 2 unspecified atom stereocenters. The van der Waals surface area contributed by atoms with Crippen LogP contribution in [0.3, 0.4) is 0 Å². The Balaban J connectivity index is 2.13. The molecule has 1 aliphatic rings. The van der Waals surface area contributed by atoms with Gasteiger partial charge in [-0.25, -0.2) is 0 Å². The van der Waals surface area contributed by atoms with Crippen molar-refractivity contribution in [1.29, 1.82) is 0 Å². The fourth-order valence-electron chi connectivity index (χ4n) is 2.91. The summed E-state index contributed by atoms with van der Waals surface area (Å²) in [5, 5.41) is 0.996. The zero-order chi connectivity index (χ0) is 15.0. The normalized spacial score (nSPS) is 22.7. The minimum atomic E-state index is 0.232. The molecular weight excluding hydrogens is 330 g/mol. The van der Waals surface area contributed by atoms with E-state index in [0.29, 0.717) is 6.04 Å². The molecule has 0 aliphatic carbocycles. The number of hydrogen-bond donors (Lipinski definition) is 1. The third-order valence-corrected chi connectivity index (χ3v) is 4.51. The summed E-state index contributed by atoms with van der Waals surface area (Å²) < 4.78 is 6.74. The van der Waals surface area contributed by atoms with E-state index in [9.17, 15) is 0 Å². The summed E-state index contributed by atoms with van der Waals surface area (Å²) in [6.45, 7) is 5.96. The number of nitrogen functional groups attached to an aromatic ring is 1. The third kappa shape index (κ3) is 2.72. The molecule has 1 aromatic carbocycles. The highest BCUT2D eigenvalue weighted by Gasteiger charge is 2.27. The van der Waals surface area contributed by atoms with Crippen molar-refractivity contribution >= 4 is 38.2 Å². The zero-order valence-electron chi connectivity index (χ0n) is 12.3. The average molecular weight is 350 g/mol. The Morgan fingerprint density at radius 3 is 3.05 bits per heavy atom. The zero-order valence-corrected chi connectivity index (χ0v) is 13.9. The minimum Gasteiger partial charge on any atom is -0.398 e. The van der Waals surface area contributed by atoms with Crippen molar-refractivity contribution in [2.24, 2.45) is 0 Å². The summed E-state index contributed by atoms with van der Waals surface area (Å²) in [7, 11) is 0. The molecule has 21 heavy (non-hydrogen) atoms. The lowest BCUT2D eigenvalue weighted by molar-refractivity contribution is 0.0300. The third-order valence-electron chi connectivity index (χ3n) is 4.08. The molecule has 1 aromatic heterocycles. The van der Waals surface area contributed by atoms with E-state index < -0.39 is 0 Å². The quantitative estimate of drug-likeness (QED) is 0.841. The van der Waals surface area contributed by atoms with Gasteiger partial charge in [-0.05, 0) is 47.5 Å². The molecule has 3 rings (SSSR count). The Kier molecular flexibility index (Phi) is 4.04. The Hall–Kier alpha value is -1.33. The molecule has 0 bridgehead atoms. The predicted octanol–water partition coefficient (Wildman–Crippen LogP) is 3.58. The molecule has 0 amide bonds. The number of halogens is 1. The van der Waals surface area contributed by atoms with Gasteiger partial charge in [-0.15, -0.1) is 0 Å². The number of hydrogen-bond acceptors (Lipinski definition) is 4. The van der Waals surface area contributed by atoms with E-state index in [1.165, 1.54) is 0 Å². The highest BCUT2D eigenvalue weighted by atomic mass is 79.9. The Bertz CT molecular complexity index is 661. The Labute approximate surface area is 133 Å². The van der Waals surface area contributed by atoms with Gasteiger partial charge in [0.2, 0.25) is 0 Å². The molecule has 2 heterocycles. The van der Waals surface area contributed by atoms with Crippen LogP contribution in [-0.4, -0.2) is 30.3 Å². The van der Waals surface area contributed by atoms with Crippen LogP contribution in [0.1, 0.15) is 20.3 Å². The fraction of sp³-hybridized carbons (Fsp3) is 0.438. The van der Waals surface area contributed by atoms with Gasteiger partial charge < -0.3 is 15.4 Å². The van der Waals surface area contributed by atoms with E-state index in [2.05, 4.69) is 45.7 Å². The first kappa shape index (κ1) is 14.6. The molecule has 2 N–H and O–H groups in total. The molecule has 4 nitrogen and oxygen atoms in total. The van der Waals surface area contributed by atoms with Gasteiger partial charge in [0.15, 0.2) is 0 Å². The number of anilines is 2. The molecule has 0 saturated carbocycles. The van der Waals surface area contributed by atoms with Crippen LogP contribution in [0.25, 0.3) is 10.9 Å². The lowest BCUT2D eigenvalue weighted by Gasteiger charge is -2.40. The first-order chi connectivity index (χ1) is 10.1. The second kappa shape index (κ2) is 5.81. The summed E-state index contributed by atoms with van der Waals surface area (Å²) in [5.41, 5.74) is 8.99. The summed E-state index contributed by atoms with van der Waals surface area (Å²) in [5.74, 6) is 0. The van der Waals surface area contributed by atoms with Gasteiger partial charge in [0, 0.05) is 28.3 Å². The second-order valence-corrected chi connectivity index (χ2v) is 6.50. The first-order valence-electron chi connectivity index (χ1n) is 7.32. The van der Waals surface area contributed by atoms with Crippen molar-refractivity contribution in [3.05, 3.63) is 28.9 Å². The summed E-state index contributed by atoms with van der Waals surface area (Å²) in [4.78, 5) is 7.01. The molecule has 1 saturated heterocycles. The maximum Gasteiger partial charge on any atom is 0.0956 e. The van der Waals surface area contributed by atoms with Gasteiger partial charge in [0.05, 0.1) is 30.0 Å². The minimum absolute atomic E-state index is 0.232. The van der Waals surface area contributed by atoms with Crippen molar-refractivity contribution in [3.8, 4) is 0 Å². The van der Waals surface area contributed by atoms with Gasteiger partial charge in [0.25, 0.3) is 0 Å². The molecule has 1 fully saturated rings. The highest BCUT2D eigenvalue weighted by Crippen LogP contribution is 2.33. The van der Waals surface area contributed by atoms with E-state index in [0.717, 1.165) is 46.3 Å². The number of nitrogens with zero attached hydrogens (tertiary/aromatic N) is 2. The van der Waals surface area contributed by atoms with E-state index in [4.69, 9.17) is 10.5 Å². The number of nitrogens with two attached hydrogens (primary N) is 1. The number of benzene rings is 1. The van der Waals surface area contributed by atoms with Crippen molar-refractivity contribution in [2.75, 3.05) is 23.8 Å². The number of morpholine rings is 1. The summed E-state index contributed by atoms with van der Waals surface area (Å²) >= 11 is 3.47. The van der Waals surface area contributed by atoms with Crippen LogP contribution in [0.4, 0.5) is 11.4 Å². The molecule has 0 spiro atoms. The van der Waals surface area contributed by atoms with Crippen LogP contribution < -0.4 is 10.6 Å². The largest absolute Gasteiger partial charge is 0.398 e. The Morgan fingerprint density at radius 2 is 2.29 bits per heavy atom. The molecule has 5 heteroatoms. The number of fused-ring (bicyclic) bond motifs is 1. The van der Waals surface area contributed by atoms with Crippen LogP contribution in [0.15, 0.2) is 28.9 Å². The molecule has 1 aliphatic heterocycles. The maximum atomic E-state index is 6.11. The van der Waals surface area contributed by atoms with Crippen molar-refractivity contribution in [3.63, 3.8) is 0 Å². The first-order valence-corrected chi connectivity index (χ1v) is 8.11. The van der Waals surface area contributed by atoms with Crippen LogP contribution in [-0.2, 0) is 4.74 Å². The fourth-order valence-corrected chi connectivity index (χ4v) is 3.24. The second-order valence-electron chi connectivity index (χ2n) is 5.58. The number of pyridine rings is 1. The van der Waals surface area contributed by atoms with Crippen LogP contribution in [0.5, 0.6) is 0 Å². The number of rotatable bonds is 2. The van der Waals surface area contributed by atoms with E-state index >= 15 is 0 Å². The molecule has 0 radical (unpaired) electrons. The van der Waals surface area contributed by atoms with Gasteiger partial charge in [-0.1, -0.05) is 6.92 Å². The highest BCUT2D eigenvalue weighted by molar-refractivity contribution is 9.10. The summed E-state index contributed by atoms with van der Waals surface area (Å²) in [6.07, 6.45) is 3.11. The monoisotopic (exact) mass is 349 g/mol. The molecule has 2 atom stereocenters. The standard InChI is InChI=1S/C16H20BrN3O/c1-3-12-9-21-10(2)8-20(12)15-5-4-14(18)13-6-11(17)7-19-16(13)15/h4-7,10,12H,3,8-9,18H2,1-2H3. The van der Waals surface area contributed by atoms with Crippen LogP contribution in [0, 0.1) is 0 Å². The van der Waals surface area contributed by atoms with Crippen molar-refractivity contribution < 1.29 is 4.74 Å². The van der Waals surface area contributed by atoms with Crippen LogP contribution in [0.2, 0.25) is 0 Å². The van der Waals surface area contributed by atoms with E-state index in [1.54, 1.807) is 0 Å². The molecule has 112 valence electrons. The predicted molar refractivity (Wildman–Crippen MR) is 90.7 cm³/mol. The van der Waals surface area contributed by atoms with Crippen LogP contribution >= 0.6 is 15.9 Å². The van der Waals surface area contributed by atoms with E-state index in [-0.39, 0.29) is 6.10 Å². The number of aromatic nitrogens is 1. The molecular formula is C16H20BrN3O.